The third-order valence-electron chi connectivity index (χ3n) is 6.20. The number of ketones is 1. The van der Waals surface area contributed by atoms with Crippen LogP contribution in [0, 0.1) is 44.6 Å². The second-order valence-electron chi connectivity index (χ2n) is 11.8. The fourth-order valence-electron chi connectivity index (χ4n) is 3.99. The van der Waals surface area contributed by atoms with Gasteiger partial charge in [-0.2, -0.15) is 0 Å². The van der Waals surface area contributed by atoms with Gasteiger partial charge < -0.3 is 5.11 Å². The Kier molecular flexibility index (Phi) is 9.74. The van der Waals surface area contributed by atoms with Crippen LogP contribution in [-0.2, 0) is 24.9 Å². The number of aryl methyl sites for hydroxylation is 4. The van der Waals surface area contributed by atoms with Crippen LogP contribution in [0.25, 0.3) is 32.9 Å². The summed E-state index contributed by atoms with van der Waals surface area (Å²) < 4.78 is 0. The number of rotatable bonds is 2. The molecule has 2 aromatic carbocycles. The minimum atomic E-state index is -0.417. The van der Waals surface area contributed by atoms with Gasteiger partial charge in [-0.1, -0.05) is 67.5 Å². The van der Waals surface area contributed by atoms with Gasteiger partial charge in [0.25, 0.3) is 0 Å². The Morgan fingerprint density at radius 1 is 0.947 bits per heavy atom. The van der Waals surface area contributed by atoms with Crippen LogP contribution >= 0.6 is 0 Å². The van der Waals surface area contributed by atoms with Crippen molar-refractivity contribution in [2.45, 2.75) is 69.2 Å². The second kappa shape index (κ2) is 11.8. The molecule has 0 saturated carbocycles. The van der Waals surface area contributed by atoms with E-state index in [1.165, 1.54) is 22.6 Å². The summed E-state index contributed by atoms with van der Waals surface area (Å²) in [5.41, 5.74) is 6.56. The first-order valence-corrected chi connectivity index (χ1v) is 12.6. The maximum Gasteiger partial charge on any atom is 0.164 e. The molecule has 4 rings (SSSR count). The first kappa shape index (κ1) is 31.3. The number of benzene rings is 2. The van der Waals surface area contributed by atoms with Crippen molar-refractivity contribution in [2.75, 3.05) is 0 Å². The quantitative estimate of drug-likeness (QED) is 0.100. The molecule has 1 N–H and O–H groups in total. The second-order valence-corrected chi connectivity index (χ2v) is 11.8. The van der Waals surface area contributed by atoms with Gasteiger partial charge in [-0.3, -0.25) is 14.8 Å². The fraction of sp³-hybridized carbons (Fsp3) is 0.375. The molecule has 0 aliphatic rings. The number of hydrogen-bond donors (Lipinski definition) is 1. The molecule has 0 atom stereocenters. The van der Waals surface area contributed by atoms with E-state index in [4.69, 9.17) is 0 Å². The van der Waals surface area contributed by atoms with Gasteiger partial charge in [0.15, 0.2) is 5.78 Å². The SMILES string of the molecule is CC(C)(C)C(=O)/C=C(\O)C(C)(C)C.Cc1c[c-]c(-c2ncnc3c2ccc2cc(C)nc(C)c23)c(C)c1.[Ir]. The number of hydrogen-bond acceptors (Lipinski definition) is 5. The number of nitrogens with zero attached hydrogens (tertiary/aromatic N) is 3. The first-order chi connectivity index (χ1) is 17.1. The average molecular weight is 689 g/mol. The monoisotopic (exact) mass is 689 g/mol. The van der Waals surface area contributed by atoms with Gasteiger partial charge in [-0.15, -0.1) is 34.9 Å². The molecule has 6 heteroatoms. The van der Waals surface area contributed by atoms with E-state index in [-0.39, 0.29) is 37.1 Å². The zero-order valence-corrected chi connectivity index (χ0v) is 26.5. The Morgan fingerprint density at radius 2 is 1.61 bits per heavy atom. The van der Waals surface area contributed by atoms with Crippen LogP contribution in [0.5, 0.6) is 0 Å². The van der Waals surface area contributed by atoms with E-state index in [0.29, 0.717) is 0 Å². The predicted octanol–water partition coefficient (Wildman–Crippen LogP) is 7.97. The molecular formula is C32H38IrN3O2-. The summed E-state index contributed by atoms with van der Waals surface area (Å²) >= 11 is 0. The van der Waals surface area contributed by atoms with E-state index in [1.54, 1.807) is 6.33 Å². The first-order valence-electron chi connectivity index (χ1n) is 12.6. The molecule has 0 bridgehead atoms. The topological polar surface area (TPSA) is 76.0 Å². The number of pyridine rings is 1. The van der Waals surface area contributed by atoms with Gasteiger partial charge in [0, 0.05) is 53.8 Å². The molecule has 2 aromatic heterocycles. The number of aliphatic hydroxyl groups is 1. The number of aliphatic hydroxyl groups excluding tert-OH is 1. The zero-order valence-electron chi connectivity index (χ0n) is 24.1. The molecule has 0 amide bonds. The molecule has 1 radical (unpaired) electrons. The Hall–Kier alpha value is -2.95. The van der Waals surface area contributed by atoms with Crippen LogP contribution in [0.2, 0.25) is 0 Å². The molecule has 0 saturated heterocycles. The third kappa shape index (κ3) is 7.12. The van der Waals surface area contributed by atoms with Crippen molar-refractivity contribution >= 4 is 27.5 Å². The summed E-state index contributed by atoms with van der Waals surface area (Å²) in [5, 5.41) is 12.9. The Bertz CT molecular complexity index is 1510. The fourth-order valence-corrected chi connectivity index (χ4v) is 3.99. The van der Waals surface area contributed by atoms with E-state index in [2.05, 4.69) is 59.1 Å². The number of aromatic nitrogens is 3. The van der Waals surface area contributed by atoms with E-state index in [1.807, 2.05) is 61.5 Å². The predicted molar refractivity (Wildman–Crippen MR) is 153 cm³/mol. The number of allylic oxidation sites excluding steroid dienone is 2. The molecule has 2 heterocycles. The molecule has 5 nitrogen and oxygen atoms in total. The summed E-state index contributed by atoms with van der Waals surface area (Å²) in [6.07, 6.45) is 2.98. The largest absolute Gasteiger partial charge is 0.512 e. The van der Waals surface area contributed by atoms with Crippen molar-refractivity contribution in [1.29, 1.82) is 0 Å². The van der Waals surface area contributed by atoms with Gasteiger partial charge in [0.05, 0.1) is 5.52 Å². The van der Waals surface area contributed by atoms with Gasteiger partial charge in [-0.25, -0.2) is 4.98 Å². The zero-order chi connectivity index (χ0) is 27.7. The Balaban J connectivity index is 0.000000313. The molecule has 4 aromatic rings. The van der Waals surface area contributed by atoms with E-state index in [0.717, 1.165) is 38.9 Å². The molecule has 0 unspecified atom stereocenters. The molecule has 0 aliphatic heterocycles. The van der Waals surface area contributed by atoms with Crippen molar-refractivity contribution in [3.05, 3.63) is 77.1 Å². The van der Waals surface area contributed by atoms with Crippen LogP contribution in [0.4, 0.5) is 0 Å². The summed E-state index contributed by atoms with van der Waals surface area (Å²) in [4.78, 5) is 25.2. The van der Waals surface area contributed by atoms with E-state index in [9.17, 15) is 9.90 Å². The minimum Gasteiger partial charge on any atom is -0.512 e. The number of carbonyl (C=O) groups excluding carboxylic acids is 1. The third-order valence-corrected chi connectivity index (χ3v) is 6.20. The Labute approximate surface area is 240 Å². The standard InChI is InChI=1S/C21H18N3.C11H20O2.Ir/c1-12-5-7-17(13(2)9-12)20-18-8-6-16-10-14(3)24-15(4)19(16)21(18)23-11-22-20;1-10(2,3)8(12)7-9(13)11(4,5)6;/h5-6,8-11H,1-4H3;7,12H,1-6H3;/q-1;;/b;8-7-;. The van der Waals surface area contributed by atoms with Gasteiger partial charge in [0.2, 0.25) is 0 Å². The van der Waals surface area contributed by atoms with E-state index >= 15 is 0 Å². The van der Waals surface area contributed by atoms with Crippen molar-refractivity contribution in [1.82, 2.24) is 15.0 Å². The smallest absolute Gasteiger partial charge is 0.164 e. The molecule has 38 heavy (non-hydrogen) atoms. The molecule has 0 fully saturated rings. The van der Waals surface area contributed by atoms with Crippen LogP contribution in [-0.4, -0.2) is 25.8 Å². The van der Waals surface area contributed by atoms with Crippen LogP contribution in [0.1, 0.15) is 64.1 Å². The summed E-state index contributed by atoms with van der Waals surface area (Å²) in [6.45, 7) is 19.4. The molecular weight excluding hydrogens is 651 g/mol. The maximum absolute atomic E-state index is 11.5. The van der Waals surface area contributed by atoms with Gasteiger partial charge in [-0.05, 0) is 36.4 Å². The van der Waals surface area contributed by atoms with E-state index < -0.39 is 5.41 Å². The average Bonchev–Trinajstić information content (AvgIpc) is 2.77. The molecule has 0 spiro atoms. The minimum absolute atomic E-state index is 0. The van der Waals surface area contributed by atoms with Crippen molar-refractivity contribution in [2.24, 2.45) is 10.8 Å². The summed E-state index contributed by atoms with van der Waals surface area (Å²) in [7, 11) is 0. The van der Waals surface area contributed by atoms with Gasteiger partial charge >= 0.3 is 0 Å². The molecule has 203 valence electrons. The number of fused-ring (bicyclic) bond motifs is 3. The summed E-state index contributed by atoms with van der Waals surface area (Å²) in [6, 6.07) is 13.9. The molecule has 0 aliphatic carbocycles. The van der Waals surface area contributed by atoms with Crippen molar-refractivity contribution in [3.63, 3.8) is 0 Å². The maximum atomic E-state index is 11.5. The van der Waals surface area contributed by atoms with Crippen molar-refractivity contribution in [3.8, 4) is 11.3 Å². The normalized spacial score (nSPS) is 12.1. The Morgan fingerprint density at radius 3 is 2.18 bits per heavy atom. The van der Waals surface area contributed by atoms with Crippen molar-refractivity contribution < 1.29 is 30.0 Å². The van der Waals surface area contributed by atoms with Crippen LogP contribution in [0.15, 0.2) is 48.5 Å². The summed E-state index contributed by atoms with van der Waals surface area (Å²) in [5.74, 6) is 0.104. The van der Waals surface area contributed by atoms with Crippen LogP contribution < -0.4 is 0 Å². The van der Waals surface area contributed by atoms with Gasteiger partial charge in [0.1, 0.15) is 12.1 Å². The number of carbonyl (C=O) groups is 1. The van der Waals surface area contributed by atoms with Crippen LogP contribution in [0.3, 0.4) is 0 Å².